The largest absolute Gasteiger partial charge is 0.306 e. The average Bonchev–Trinajstić information content (AvgIpc) is 3.64. The van der Waals surface area contributed by atoms with Gasteiger partial charge in [0.05, 0.1) is 28.1 Å². The van der Waals surface area contributed by atoms with Crippen molar-refractivity contribution in [2.24, 2.45) is 0 Å². The molecule has 6 aromatic carbocycles. The van der Waals surface area contributed by atoms with E-state index in [4.69, 9.17) is 0 Å². The molecule has 198 valence electrons. The van der Waals surface area contributed by atoms with Crippen molar-refractivity contribution in [1.29, 1.82) is 0 Å². The van der Waals surface area contributed by atoms with E-state index in [1.54, 1.807) is 0 Å². The third-order valence-corrected chi connectivity index (χ3v) is 10.8. The molecular formula is C39H26N2S. The molecule has 0 unspecified atom stereocenters. The minimum absolute atomic E-state index is 0.0518. The topological polar surface area (TPSA) is 8.17 Å². The molecule has 0 spiro atoms. The van der Waals surface area contributed by atoms with Crippen LogP contribution in [0.2, 0.25) is 0 Å². The lowest BCUT2D eigenvalue weighted by molar-refractivity contribution is 0.660. The molecule has 3 heterocycles. The third-order valence-electron chi connectivity index (χ3n) is 9.70. The highest BCUT2D eigenvalue weighted by atomic mass is 32.1. The van der Waals surface area contributed by atoms with Crippen molar-refractivity contribution in [3.8, 4) is 16.8 Å². The number of rotatable bonds is 1. The third kappa shape index (κ3) is 2.66. The molecule has 0 saturated carbocycles. The first-order valence-corrected chi connectivity index (χ1v) is 15.4. The number of aromatic nitrogens is 1. The minimum Gasteiger partial charge on any atom is -0.306 e. The lowest BCUT2D eigenvalue weighted by atomic mass is 9.82. The van der Waals surface area contributed by atoms with Gasteiger partial charge in [0.15, 0.2) is 0 Å². The van der Waals surface area contributed by atoms with E-state index >= 15 is 0 Å². The predicted octanol–water partition coefficient (Wildman–Crippen LogP) is 11.2. The van der Waals surface area contributed by atoms with Gasteiger partial charge in [-0.05, 0) is 64.7 Å². The summed E-state index contributed by atoms with van der Waals surface area (Å²) in [7, 11) is 0. The molecule has 2 nitrogen and oxygen atoms in total. The first kappa shape index (κ1) is 22.8. The summed E-state index contributed by atoms with van der Waals surface area (Å²) in [4.78, 5) is 2.48. The first-order valence-electron chi connectivity index (χ1n) is 14.6. The Hall–Kier alpha value is -4.86. The van der Waals surface area contributed by atoms with Crippen molar-refractivity contribution < 1.29 is 0 Å². The SMILES string of the molecule is CC1(C)c2ccccc2-c2ccc(N3c4ccccc4-n4c5c3cccc5c3ccc5sc6ccccc6c5c34)cc21. The van der Waals surface area contributed by atoms with Gasteiger partial charge in [-0.15, -0.1) is 11.3 Å². The fraction of sp³-hybridized carbons (Fsp3) is 0.0769. The molecule has 2 aliphatic rings. The van der Waals surface area contributed by atoms with Crippen molar-refractivity contribution in [1.82, 2.24) is 4.57 Å². The monoisotopic (exact) mass is 554 g/mol. The van der Waals surface area contributed by atoms with E-state index in [1.807, 2.05) is 11.3 Å². The van der Waals surface area contributed by atoms with Crippen molar-refractivity contribution >= 4 is 70.4 Å². The molecule has 10 rings (SSSR count). The highest BCUT2D eigenvalue weighted by Crippen LogP contribution is 2.54. The lowest BCUT2D eigenvalue weighted by Gasteiger charge is -2.34. The van der Waals surface area contributed by atoms with Crippen LogP contribution in [0.4, 0.5) is 17.1 Å². The Labute approximate surface area is 247 Å². The Morgan fingerprint density at radius 3 is 2.17 bits per heavy atom. The van der Waals surface area contributed by atoms with Crippen molar-refractivity contribution in [3.63, 3.8) is 0 Å². The molecule has 0 fully saturated rings. The second kappa shape index (κ2) is 7.70. The van der Waals surface area contributed by atoms with E-state index in [1.165, 1.54) is 87.0 Å². The standard InChI is InChI=1S/C39H26N2S/c1-39(2)29-13-5-3-10-24(29)25-19-18-23(22-30(25)39)40-31-14-6-7-15-32(31)41-37-26(12-9-16-33(37)40)27-20-21-35-36(38(27)41)28-11-4-8-17-34(28)42-35/h3-22H,1-2H3. The minimum atomic E-state index is -0.0518. The predicted molar refractivity (Wildman–Crippen MR) is 179 cm³/mol. The number of thiophene rings is 1. The second-order valence-corrected chi connectivity index (χ2v) is 13.3. The van der Waals surface area contributed by atoms with Crippen LogP contribution < -0.4 is 4.90 Å². The number of benzene rings is 6. The summed E-state index contributed by atoms with van der Waals surface area (Å²) < 4.78 is 5.22. The molecule has 3 heteroatoms. The van der Waals surface area contributed by atoms with Crippen LogP contribution in [0, 0.1) is 0 Å². The summed E-state index contributed by atoms with van der Waals surface area (Å²) in [5.74, 6) is 0. The molecule has 0 saturated heterocycles. The highest BCUT2D eigenvalue weighted by molar-refractivity contribution is 7.26. The van der Waals surface area contributed by atoms with Crippen molar-refractivity contribution in [3.05, 3.63) is 132 Å². The Morgan fingerprint density at radius 1 is 0.524 bits per heavy atom. The van der Waals surface area contributed by atoms with Crippen molar-refractivity contribution in [2.75, 3.05) is 4.90 Å². The van der Waals surface area contributed by atoms with E-state index in [0.717, 1.165) is 0 Å². The summed E-state index contributed by atoms with van der Waals surface area (Å²) in [5.41, 5.74) is 12.9. The van der Waals surface area contributed by atoms with Gasteiger partial charge in [-0.2, -0.15) is 0 Å². The molecule has 1 aliphatic carbocycles. The van der Waals surface area contributed by atoms with Gasteiger partial charge in [0, 0.05) is 42.0 Å². The Kier molecular flexibility index (Phi) is 4.18. The zero-order valence-electron chi connectivity index (χ0n) is 23.3. The summed E-state index contributed by atoms with van der Waals surface area (Å²) in [6, 6.07) is 45.2. The molecule has 0 atom stereocenters. The summed E-state index contributed by atoms with van der Waals surface area (Å²) in [6.45, 7) is 4.72. The summed E-state index contributed by atoms with van der Waals surface area (Å²) >= 11 is 1.89. The molecule has 0 radical (unpaired) electrons. The molecule has 8 aromatic rings. The van der Waals surface area contributed by atoms with Crippen LogP contribution in [-0.2, 0) is 5.41 Å². The fourth-order valence-electron chi connectivity index (χ4n) is 7.85. The number of fused-ring (bicyclic) bond motifs is 12. The maximum Gasteiger partial charge on any atom is 0.0783 e. The number of hydrogen-bond donors (Lipinski definition) is 0. The number of anilines is 3. The molecule has 1 aliphatic heterocycles. The maximum absolute atomic E-state index is 2.54. The van der Waals surface area contributed by atoms with Gasteiger partial charge in [0.1, 0.15) is 0 Å². The average molecular weight is 555 g/mol. The van der Waals surface area contributed by atoms with Gasteiger partial charge in [0.25, 0.3) is 0 Å². The van der Waals surface area contributed by atoms with E-state index in [0.29, 0.717) is 0 Å². The van der Waals surface area contributed by atoms with Crippen LogP contribution >= 0.6 is 11.3 Å². The Morgan fingerprint density at radius 2 is 1.24 bits per heavy atom. The first-order chi connectivity index (χ1) is 20.6. The van der Waals surface area contributed by atoms with Crippen LogP contribution in [0.25, 0.3) is 58.8 Å². The Balaban J connectivity index is 1.32. The molecule has 2 aromatic heterocycles. The van der Waals surface area contributed by atoms with E-state index in [-0.39, 0.29) is 5.41 Å². The van der Waals surface area contributed by atoms with Gasteiger partial charge < -0.3 is 9.47 Å². The number of nitrogens with zero attached hydrogens (tertiary/aromatic N) is 2. The molecule has 0 N–H and O–H groups in total. The molecule has 42 heavy (non-hydrogen) atoms. The normalized spacial score (nSPS) is 14.6. The van der Waals surface area contributed by atoms with Crippen LogP contribution in [0.1, 0.15) is 25.0 Å². The van der Waals surface area contributed by atoms with Crippen molar-refractivity contribution in [2.45, 2.75) is 19.3 Å². The highest BCUT2D eigenvalue weighted by Gasteiger charge is 2.36. The van der Waals surface area contributed by atoms with Crippen LogP contribution in [-0.4, -0.2) is 4.57 Å². The number of hydrogen-bond acceptors (Lipinski definition) is 2. The zero-order chi connectivity index (χ0) is 27.7. The summed E-state index contributed by atoms with van der Waals surface area (Å²) in [6.07, 6.45) is 0. The molecule has 0 amide bonds. The second-order valence-electron chi connectivity index (χ2n) is 12.2. The quantitative estimate of drug-likeness (QED) is 0.196. The van der Waals surface area contributed by atoms with Gasteiger partial charge in [-0.1, -0.05) is 92.7 Å². The van der Waals surface area contributed by atoms with E-state index in [9.17, 15) is 0 Å². The Bertz CT molecular complexity index is 2460. The van der Waals surface area contributed by atoms with Gasteiger partial charge in [-0.25, -0.2) is 0 Å². The lowest BCUT2D eigenvalue weighted by Crippen LogP contribution is -2.19. The smallest absolute Gasteiger partial charge is 0.0783 e. The van der Waals surface area contributed by atoms with E-state index in [2.05, 4.69) is 145 Å². The van der Waals surface area contributed by atoms with Gasteiger partial charge >= 0.3 is 0 Å². The van der Waals surface area contributed by atoms with Crippen LogP contribution in [0.5, 0.6) is 0 Å². The zero-order valence-corrected chi connectivity index (χ0v) is 24.2. The van der Waals surface area contributed by atoms with Gasteiger partial charge in [0.2, 0.25) is 0 Å². The van der Waals surface area contributed by atoms with E-state index < -0.39 is 0 Å². The molecular weight excluding hydrogens is 529 g/mol. The fourth-order valence-corrected chi connectivity index (χ4v) is 8.96. The summed E-state index contributed by atoms with van der Waals surface area (Å²) in [5, 5.41) is 5.30. The van der Waals surface area contributed by atoms with Crippen LogP contribution in [0.3, 0.4) is 0 Å². The maximum atomic E-state index is 2.54. The van der Waals surface area contributed by atoms with Crippen LogP contribution in [0.15, 0.2) is 121 Å². The molecule has 0 bridgehead atoms. The number of para-hydroxylation sites is 3. The van der Waals surface area contributed by atoms with Gasteiger partial charge in [-0.3, -0.25) is 0 Å².